The second-order valence-electron chi connectivity index (χ2n) is 9.89. The lowest BCUT2D eigenvalue weighted by Gasteiger charge is -2.37. The van der Waals surface area contributed by atoms with E-state index in [4.69, 9.17) is 14.5 Å². The van der Waals surface area contributed by atoms with Gasteiger partial charge in [-0.1, -0.05) is 19.0 Å². The zero-order chi connectivity index (χ0) is 23.7. The van der Waals surface area contributed by atoms with Crippen LogP contribution in [0.2, 0.25) is 0 Å². The number of aromatic amines is 1. The summed E-state index contributed by atoms with van der Waals surface area (Å²) >= 11 is 0. The lowest BCUT2D eigenvalue weighted by atomic mass is 10.1. The number of anilines is 4. The Hall–Kier alpha value is -3.14. The third-order valence-corrected chi connectivity index (χ3v) is 6.54. The lowest BCUT2D eigenvalue weighted by Crippen LogP contribution is -2.49. The maximum absolute atomic E-state index is 5.47. The molecule has 34 heavy (non-hydrogen) atoms. The number of rotatable bonds is 9. The van der Waals surface area contributed by atoms with Gasteiger partial charge in [0.05, 0.1) is 12.2 Å². The molecule has 1 saturated heterocycles. The average molecular weight is 466 g/mol. The van der Waals surface area contributed by atoms with E-state index in [1.54, 1.807) is 0 Å². The minimum absolute atomic E-state index is 0.326. The largest absolute Gasteiger partial charge is 0.359 e. The molecule has 5 rings (SSSR count). The zero-order valence-electron chi connectivity index (χ0n) is 20.5. The van der Waals surface area contributed by atoms with Crippen LogP contribution in [-0.4, -0.2) is 62.4 Å². The number of hydrogen-bond donors (Lipinski definition) is 3. The van der Waals surface area contributed by atoms with E-state index < -0.39 is 0 Å². The van der Waals surface area contributed by atoms with E-state index in [-0.39, 0.29) is 0 Å². The third-order valence-electron chi connectivity index (χ3n) is 6.54. The van der Waals surface area contributed by atoms with Crippen LogP contribution in [0.4, 0.5) is 23.4 Å². The number of H-pyrrole nitrogens is 1. The van der Waals surface area contributed by atoms with Gasteiger partial charge in [0.25, 0.3) is 0 Å². The van der Waals surface area contributed by atoms with E-state index in [0.29, 0.717) is 36.2 Å². The van der Waals surface area contributed by atoms with Crippen LogP contribution in [0.5, 0.6) is 0 Å². The molecule has 1 aliphatic carbocycles. The van der Waals surface area contributed by atoms with Crippen molar-refractivity contribution >= 4 is 23.4 Å². The Morgan fingerprint density at radius 2 is 1.82 bits per heavy atom. The normalized spacial score (nSPS) is 17.1. The minimum atomic E-state index is 0.326. The summed E-state index contributed by atoms with van der Waals surface area (Å²) in [5.74, 6) is 4.66. The molecule has 10 heteroatoms. The maximum atomic E-state index is 5.47. The van der Waals surface area contributed by atoms with Gasteiger partial charge in [0.2, 0.25) is 5.95 Å². The first-order chi connectivity index (χ1) is 16.4. The van der Waals surface area contributed by atoms with Crippen LogP contribution in [0.3, 0.4) is 0 Å². The van der Waals surface area contributed by atoms with E-state index in [9.17, 15) is 0 Å². The fraction of sp³-hybridized carbons (Fsp3) is 0.583. The lowest BCUT2D eigenvalue weighted by molar-refractivity contribution is 0.209. The summed E-state index contributed by atoms with van der Waals surface area (Å²) in [5, 5.41) is 18.4. The molecule has 2 fully saturated rings. The molecule has 2 aliphatic rings. The summed E-state index contributed by atoms with van der Waals surface area (Å²) in [5.41, 5.74) is 2.13. The molecule has 0 atom stereocenters. The smallest absolute Gasteiger partial charge is 0.227 e. The van der Waals surface area contributed by atoms with Gasteiger partial charge < -0.3 is 20.1 Å². The highest BCUT2D eigenvalue weighted by Gasteiger charge is 2.26. The fourth-order valence-corrected chi connectivity index (χ4v) is 4.19. The van der Waals surface area contributed by atoms with Crippen LogP contribution in [0.1, 0.15) is 69.5 Å². The van der Waals surface area contributed by atoms with Crippen LogP contribution >= 0.6 is 0 Å². The summed E-state index contributed by atoms with van der Waals surface area (Å²) in [6.07, 6.45) is 2.46. The molecule has 4 heterocycles. The molecule has 1 saturated carbocycles. The van der Waals surface area contributed by atoms with Crippen molar-refractivity contribution in [3.8, 4) is 0 Å². The second-order valence-corrected chi connectivity index (χ2v) is 9.89. The van der Waals surface area contributed by atoms with E-state index in [1.807, 2.05) is 12.1 Å². The number of hydrogen-bond acceptors (Lipinski definition) is 9. The molecule has 0 spiro atoms. The van der Waals surface area contributed by atoms with Crippen molar-refractivity contribution < 1.29 is 4.52 Å². The molecular formula is C24H35N9O. The van der Waals surface area contributed by atoms with E-state index in [2.05, 4.69) is 69.5 Å². The predicted molar refractivity (Wildman–Crippen MR) is 133 cm³/mol. The van der Waals surface area contributed by atoms with Crippen molar-refractivity contribution in [3.05, 3.63) is 35.3 Å². The van der Waals surface area contributed by atoms with Gasteiger partial charge in [-0.3, -0.25) is 10.00 Å². The van der Waals surface area contributed by atoms with Crippen LogP contribution in [0.25, 0.3) is 0 Å². The molecule has 0 amide bonds. The fourth-order valence-electron chi connectivity index (χ4n) is 4.19. The quantitative estimate of drug-likeness (QED) is 0.430. The molecule has 3 aromatic rings. The molecule has 1 aliphatic heterocycles. The Balaban J connectivity index is 1.34. The molecule has 0 radical (unpaired) electrons. The van der Waals surface area contributed by atoms with Crippen molar-refractivity contribution in [2.45, 2.75) is 65.0 Å². The Bertz CT molecular complexity index is 1090. The highest BCUT2D eigenvalue weighted by atomic mass is 16.5. The first kappa shape index (κ1) is 22.6. The third kappa shape index (κ3) is 5.32. The molecular weight excluding hydrogens is 430 g/mol. The van der Waals surface area contributed by atoms with Gasteiger partial charge in [0, 0.05) is 62.0 Å². The van der Waals surface area contributed by atoms with Crippen molar-refractivity contribution in [3.63, 3.8) is 0 Å². The molecule has 182 valence electrons. The van der Waals surface area contributed by atoms with E-state index in [0.717, 1.165) is 49.3 Å². The summed E-state index contributed by atoms with van der Waals surface area (Å²) in [4.78, 5) is 14.3. The summed E-state index contributed by atoms with van der Waals surface area (Å²) in [6, 6.07) is 6.62. The van der Waals surface area contributed by atoms with Gasteiger partial charge in [-0.25, -0.2) is 0 Å². The Morgan fingerprint density at radius 1 is 1.03 bits per heavy atom. The van der Waals surface area contributed by atoms with Crippen molar-refractivity contribution in [1.82, 2.24) is 30.2 Å². The molecule has 0 bridgehead atoms. The van der Waals surface area contributed by atoms with E-state index in [1.165, 1.54) is 18.5 Å². The van der Waals surface area contributed by atoms with Gasteiger partial charge in [-0.15, -0.1) is 0 Å². The molecule has 10 nitrogen and oxygen atoms in total. The first-order valence-electron chi connectivity index (χ1n) is 12.3. The van der Waals surface area contributed by atoms with Gasteiger partial charge in [-0.05, 0) is 32.6 Å². The number of piperazine rings is 1. The Morgan fingerprint density at radius 3 is 2.50 bits per heavy atom. The van der Waals surface area contributed by atoms with Gasteiger partial charge >= 0.3 is 0 Å². The van der Waals surface area contributed by atoms with Gasteiger partial charge in [0.1, 0.15) is 11.6 Å². The number of nitrogens with one attached hydrogen (secondary N) is 3. The highest BCUT2D eigenvalue weighted by molar-refractivity contribution is 5.60. The minimum Gasteiger partial charge on any atom is -0.359 e. The SMILES string of the molecule is CC(C)c1cc(CNc2nc(Nc3cc(C4CC4)[nH]n3)cc(N3CCN(C(C)C)CC3)n2)on1. The summed E-state index contributed by atoms with van der Waals surface area (Å²) < 4.78 is 5.47. The van der Waals surface area contributed by atoms with Crippen LogP contribution in [-0.2, 0) is 6.54 Å². The molecule has 0 aromatic carbocycles. The standard InChI is InChI=1S/C24H35N9O/c1-15(2)19-11-18(34-31-19)14-25-24-27-21(26-22-12-20(29-30-22)17-5-6-17)13-23(28-24)33-9-7-32(8-10-33)16(3)4/h11-13,15-17H,5-10,14H2,1-4H3,(H3,25,26,27,28,29,30). The molecule has 3 aromatic heterocycles. The second kappa shape index (κ2) is 9.61. The van der Waals surface area contributed by atoms with Crippen LogP contribution < -0.4 is 15.5 Å². The van der Waals surface area contributed by atoms with E-state index >= 15 is 0 Å². The highest BCUT2D eigenvalue weighted by Crippen LogP contribution is 2.39. The summed E-state index contributed by atoms with van der Waals surface area (Å²) in [6.45, 7) is 13.1. The maximum Gasteiger partial charge on any atom is 0.227 e. The Labute approximate surface area is 200 Å². The molecule has 0 unspecified atom stereocenters. The monoisotopic (exact) mass is 465 g/mol. The van der Waals surface area contributed by atoms with Crippen LogP contribution in [0.15, 0.2) is 22.7 Å². The topological polar surface area (TPSA) is 111 Å². The summed E-state index contributed by atoms with van der Waals surface area (Å²) in [7, 11) is 0. The Kier molecular flexibility index (Phi) is 6.40. The van der Waals surface area contributed by atoms with Gasteiger partial charge in [-0.2, -0.15) is 15.1 Å². The molecule has 3 N–H and O–H groups in total. The van der Waals surface area contributed by atoms with Crippen molar-refractivity contribution in [1.29, 1.82) is 0 Å². The first-order valence-corrected chi connectivity index (χ1v) is 12.3. The number of aromatic nitrogens is 5. The van der Waals surface area contributed by atoms with Crippen molar-refractivity contribution in [2.75, 3.05) is 41.7 Å². The number of nitrogens with zero attached hydrogens (tertiary/aromatic N) is 6. The van der Waals surface area contributed by atoms with Crippen LogP contribution in [0, 0.1) is 0 Å². The zero-order valence-corrected chi connectivity index (χ0v) is 20.5. The van der Waals surface area contributed by atoms with Crippen molar-refractivity contribution in [2.24, 2.45) is 0 Å². The predicted octanol–water partition coefficient (Wildman–Crippen LogP) is 4.07. The average Bonchev–Trinajstić information content (AvgIpc) is 3.38. The van der Waals surface area contributed by atoms with Gasteiger partial charge in [0.15, 0.2) is 11.6 Å².